The van der Waals surface area contributed by atoms with E-state index in [1.54, 1.807) is 24.0 Å². The summed E-state index contributed by atoms with van der Waals surface area (Å²) >= 11 is 1.54. The fourth-order valence-corrected chi connectivity index (χ4v) is 3.92. The molecule has 0 spiro atoms. The first-order valence-electron chi connectivity index (χ1n) is 9.33. The molecule has 142 valence electrons. The SMILES string of the molecule is CCCCCCC(C)NC(=O)c1cccnc1SCc1c(C)noc1C. The van der Waals surface area contributed by atoms with Crippen LogP contribution in [0.25, 0.3) is 0 Å². The van der Waals surface area contributed by atoms with E-state index in [1.807, 2.05) is 19.9 Å². The number of carbonyl (C=O) groups excluding carboxylic acids is 1. The number of unbranched alkanes of at least 4 members (excludes halogenated alkanes) is 3. The number of nitrogens with zero attached hydrogens (tertiary/aromatic N) is 2. The molecular weight excluding hydrogens is 346 g/mol. The van der Waals surface area contributed by atoms with Crippen molar-refractivity contribution in [3.05, 3.63) is 40.9 Å². The number of amides is 1. The third kappa shape index (κ3) is 5.87. The van der Waals surface area contributed by atoms with Gasteiger partial charge in [-0.05, 0) is 39.3 Å². The Morgan fingerprint density at radius 2 is 2.12 bits per heavy atom. The summed E-state index contributed by atoms with van der Waals surface area (Å²) in [7, 11) is 0. The number of aryl methyl sites for hydroxylation is 2. The molecule has 0 aliphatic heterocycles. The fourth-order valence-electron chi connectivity index (χ4n) is 2.78. The summed E-state index contributed by atoms with van der Waals surface area (Å²) in [5, 5.41) is 7.82. The number of thioether (sulfide) groups is 1. The van der Waals surface area contributed by atoms with Gasteiger partial charge in [0.2, 0.25) is 0 Å². The van der Waals surface area contributed by atoms with Crippen LogP contribution in [0.2, 0.25) is 0 Å². The number of carbonyl (C=O) groups is 1. The molecule has 2 aromatic heterocycles. The maximum Gasteiger partial charge on any atom is 0.254 e. The molecule has 2 rings (SSSR count). The van der Waals surface area contributed by atoms with Crippen molar-refractivity contribution in [1.82, 2.24) is 15.5 Å². The minimum absolute atomic E-state index is 0.0534. The zero-order valence-corrected chi connectivity index (χ0v) is 17.0. The Balaban J connectivity index is 1.95. The molecule has 1 N–H and O–H groups in total. The van der Waals surface area contributed by atoms with E-state index in [1.165, 1.54) is 19.3 Å². The number of nitrogens with one attached hydrogen (secondary N) is 1. The Morgan fingerprint density at radius 3 is 2.81 bits per heavy atom. The molecule has 0 saturated carbocycles. The molecule has 0 radical (unpaired) electrons. The lowest BCUT2D eigenvalue weighted by molar-refractivity contribution is 0.0934. The van der Waals surface area contributed by atoms with Gasteiger partial charge in [-0.2, -0.15) is 0 Å². The predicted octanol–water partition coefficient (Wildman–Crippen LogP) is 5.07. The molecule has 1 atom stereocenters. The van der Waals surface area contributed by atoms with Gasteiger partial charge < -0.3 is 9.84 Å². The van der Waals surface area contributed by atoms with E-state index >= 15 is 0 Å². The minimum Gasteiger partial charge on any atom is -0.361 e. The van der Waals surface area contributed by atoms with E-state index < -0.39 is 0 Å². The van der Waals surface area contributed by atoms with Crippen molar-refractivity contribution in [2.75, 3.05) is 0 Å². The largest absolute Gasteiger partial charge is 0.361 e. The number of hydrogen-bond donors (Lipinski definition) is 1. The average molecular weight is 376 g/mol. The zero-order chi connectivity index (χ0) is 18.9. The van der Waals surface area contributed by atoms with Gasteiger partial charge in [0, 0.05) is 23.6 Å². The highest BCUT2D eigenvalue weighted by Gasteiger charge is 2.16. The highest BCUT2D eigenvalue weighted by molar-refractivity contribution is 7.98. The standard InChI is InChI=1S/C20H29N3O2S/c1-5-6-7-8-10-14(2)22-19(24)17-11-9-12-21-20(17)26-13-18-15(3)23-25-16(18)4/h9,11-12,14H,5-8,10,13H2,1-4H3,(H,22,24). The minimum atomic E-state index is -0.0534. The lowest BCUT2D eigenvalue weighted by atomic mass is 10.1. The maximum atomic E-state index is 12.7. The molecular formula is C20H29N3O2S. The molecule has 26 heavy (non-hydrogen) atoms. The van der Waals surface area contributed by atoms with Gasteiger partial charge in [0.25, 0.3) is 5.91 Å². The van der Waals surface area contributed by atoms with Crippen LogP contribution in [0.1, 0.15) is 73.3 Å². The third-order valence-corrected chi connectivity index (χ3v) is 5.45. The Labute approximate surface area is 160 Å². The summed E-state index contributed by atoms with van der Waals surface area (Å²) in [6.07, 6.45) is 7.58. The third-order valence-electron chi connectivity index (χ3n) is 4.42. The fraction of sp³-hybridized carbons (Fsp3) is 0.550. The highest BCUT2D eigenvalue weighted by Crippen LogP contribution is 2.27. The van der Waals surface area contributed by atoms with Crippen LogP contribution < -0.4 is 5.32 Å². The van der Waals surface area contributed by atoms with Gasteiger partial charge in [0.1, 0.15) is 10.8 Å². The Hall–Kier alpha value is -1.82. The second kappa shape index (κ2) is 10.4. The second-order valence-corrected chi connectivity index (χ2v) is 7.64. The molecule has 1 unspecified atom stereocenters. The molecule has 0 aromatic carbocycles. The molecule has 1 amide bonds. The van der Waals surface area contributed by atoms with Gasteiger partial charge in [-0.1, -0.05) is 37.8 Å². The van der Waals surface area contributed by atoms with E-state index in [0.717, 1.165) is 34.9 Å². The Bertz CT molecular complexity index is 695. The van der Waals surface area contributed by atoms with Crippen LogP contribution in [-0.4, -0.2) is 22.1 Å². The smallest absolute Gasteiger partial charge is 0.254 e. The quantitative estimate of drug-likeness (QED) is 0.464. The molecule has 0 bridgehead atoms. The van der Waals surface area contributed by atoms with Gasteiger partial charge in [-0.3, -0.25) is 4.79 Å². The van der Waals surface area contributed by atoms with Crippen LogP contribution in [0.4, 0.5) is 0 Å². The molecule has 0 saturated heterocycles. The van der Waals surface area contributed by atoms with Crippen molar-refractivity contribution in [1.29, 1.82) is 0 Å². The molecule has 6 heteroatoms. The van der Waals surface area contributed by atoms with Crippen molar-refractivity contribution in [3.63, 3.8) is 0 Å². The molecule has 2 aromatic rings. The van der Waals surface area contributed by atoms with E-state index in [9.17, 15) is 4.79 Å². The van der Waals surface area contributed by atoms with Gasteiger partial charge >= 0.3 is 0 Å². The molecule has 2 heterocycles. The van der Waals surface area contributed by atoms with Crippen molar-refractivity contribution < 1.29 is 9.32 Å². The van der Waals surface area contributed by atoms with Crippen molar-refractivity contribution in [3.8, 4) is 0 Å². The summed E-state index contributed by atoms with van der Waals surface area (Å²) < 4.78 is 5.21. The lowest BCUT2D eigenvalue weighted by Gasteiger charge is -2.15. The second-order valence-electron chi connectivity index (χ2n) is 6.67. The van der Waals surface area contributed by atoms with Crippen molar-refractivity contribution in [2.24, 2.45) is 0 Å². The first kappa shape index (κ1) is 20.5. The first-order chi connectivity index (χ1) is 12.5. The highest BCUT2D eigenvalue weighted by atomic mass is 32.2. The molecule has 0 aliphatic carbocycles. The van der Waals surface area contributed by atoms with Crippen LogP contribution in [0.3, 0.4) is 0 Å². The first-order valence-corrected chi connectivity index (χ1v) is 10.3. The van der Waals surface area contributed by atoms with Crippen LogP contribution in [0, 0.1) is 13.8 Å². The summed E-state index contributed by atoms with van der Waals surface area (Å²) in [5.74, 6) is 1.45. The van der Waals surface area contributed by atoms with Gasteiger partial charge in [0.15, 0.2) is 0 Å². The molecule has 0 aliphatic rings. The summed E-state index contributed by atoms with van der Waals surface area (Å²) in [6.45, 7) is 8.10. The Kier molecular flexibility index (Phi) is 8.16. The lowest BCUT2D eigenvalue weighted by Crippen LogP contribution is -2.32. The average Bonchev–Trinajstić information content (AvgIpc) is 2.95. The normalized spacial score (nSPS) is 12.2. The van der Waals surface area contributed by atoms with Crippen LogP contribution in [0.15, 0.2) is 27.9 Å². The van der Waals surface area contributed by atoms with E-state index in [4.69, 9.17) is 4.52 Å². The van der Waals surface area contributed by atoms with Crippen molar-refractivity contribution >= 4 is 17.7 Å². The van der Waals surface area contributed by atoms with Crippen LogP contribution in [-0.2, 0) is 5.75 Å². The Morgan fingerprint density at radius 1 is 1.31 bits per heavy atom. The van der Waals surface area contributed by atoms with Gasteiger partial charge in [-0.15, -0.1) is 11.8 Å². The summed E-state index contributed by atoms with van der Waals surface area (Å²) in [6, 6.07) is 3.81. The summed E-state index contributed by atoms with van der Waals surface area (Å²) in [5.41, 5.74) is 2.58. The van der Waals surface area contributed by atoms with E-state index in [-0.39, 0.29) is 11.9 Å². The van der Waals surface area contributed by atoms with Crippen LogP contribution in [0.5, 0.6) is 0 Å². The number of hydrogen-bond acceptors (Lipinski definition) is 5. The molecule has 0 fully saturated rings. The number of aromatic nitrogens is 2. The molecule has 5 nitrogen and oxygen atoms in total. The monoisotopic (exact) mass is 375 g/mol. The predicted molar refractivity (Wildman–Crippen MR) is 105 cm³/mol. The summed E-state index contributed by atoms with van der Waals surface area (Å²) in [4.78, 5) is 17.1. The number of rotatable bonds is 10. The van der Waals surface area contributed by atoms with Gasteiger partial charge in [-0.25, -0.2) is 4.98 Å². The van der Waals surface area contributed by atoms with Crippen LogP contribution >= 0.6 is 11.8 Å². The van der Waals surface area contributed by atoms with Crippen molar-refractivity contribution in [2.45, 2.75) is 76.6 Å². The van der Waals surface area contributed by atoms with E-state index in [0.29, 0.717) is 11.3 Å². The topological polar surface area (TPSA) is 68.0 Å². The maximum absolute atomic E-state index is 12.7. The number of pyridine rings is 1. The van der Waals surface area contributed by atoms with Gasteiger partial charge in [0.05, 0.1) is 11.3 Å². The van der Waals surface area contributed by atoms with E-state index in [2.05, 4.69) is 29.3 Å². The zero-order valence-electron chi connectivity index (χ0n) is 16.2.